The van der Waals surface area contributed by atoms with E-state index in [1.165, 1.54) is 30.3 Å². The highest BCUT2D eigenvalue weighted by molar-refractivity contribution is 9.10. The first-order valence-electron chi connectivity index (χ1n) is 6.74. The first-order valence-corrected chi connectivity index (χ1v) is 8.51. The minimum Gasteiger partial charge on any atom is -0.366 e. The van der Waals surface area contributed by atoms with Crippen molar-refractivity contribution in [2.75, 3.05) is 11.1 Å². The van der Waals surface area contributed by atoms with Crippen molar-refractivity contribution in [3.05, 3.63) is 62.4 Å². The summed E-state index contributed by atoms with van der Waals surface area (Å²) in [7, 11) is 0. The topological polar surface area (TPSA) is 115 Å². The molecular weight excluding hydrogens is 417 g/mol. The van der Waals surface area contributed by atoms with Crippen molar-refractivity contribution in [3.63, 3.8) is 0 Å². The van der Waals surface area contributed by atoms with Crippen LogP contribution in [0.3, 0.4) is 0 Å². The van der Waals surface area contributed by atoms with Gasteiger partial charge in [-0.1, -0.05) is 0 Å². The van der Waals surface area contributed by atoms with E-state index >= 15 is 0 Å². The summed E-state index contributed by atoms with van der Waals surface area (Å²) in [5.41, 5.74) is 5.18. The van der Waals surface area contributed by atoms with Gasteiger partial charge in [-0.25, -0.2) is 4.39 Å². The van der Waals surface area contributed by atoms with Gasteiger partial charge in [-0.2, -0.15) is 0 Å². The Labute approximate surface area is 154 Å². The summed E-state index contributed by atoms with van der Waals surface area (Å²) in [6.07, 6.45) is 0. The van der Waals surface area contributed by atoms with Crippen LogP contribution in [-0.4, -0.2) is 22.5 Å². The van der Waals surface area contributed by atoms with E-state index in [1.807, 2.05) is 0 Å². The lowest BCUT2D eigenvalue weighted by Crippen LogP contribution is -2.15. The molecule has 0 saturated heterocycles. The van der Waals surface area contributed by atoms with Gasteiger partial charge in [-0.3, -0.25) is 19.7 Å². The van der Waals surface area contributed by atoms with Gasteiger partial charge in [-0.05, 0) is 46.3 Å². The van der Waals surface area contributed by atoms with Crippen LogP contribution in [0.25, 0.3) is 0 Å². The van der Waals surface area contributed by atoms with Crippen molar-refractivity contribution >= 4 is 50.9 Å². The molecule has 0 aliphatic rings. The van der Waals surface area contributed by atoms with E-state index in [4.69, 9.17) is 5.73 Å². The lowest BCUT2D eigenvalue weighted by molar-refractivity contribution is -0.387. The second-order valence-electron chi connectivity index (χ2n) is 4.76. The number of nitro benzene ring substituents is 1. The number of carbonyl (C=O) groups excluding carboxylic acids is 2. The molecule has 3 N–H and O–H groups in total. The summed E-state index contributed by atoms with van der Waals surface area (Å²) in [6, 6.07) is 7.58. The molecule has 0 aromatic heterocycles. The van der Waals surface area contributed by atoms with Crippen LogP contribution in [-0.2, 0) is 4.79 Å². The van der Waals surface area contributed by atoms with Crippen molar-refractivity contribution in [1.82, 2.24) is 0 Å². The maximum Gasteiger partial charge on any atom is 0.283 e. The number of nitro groups is 1. The van der Waals surface area contributed by atoms with Crippen LogP contribution in [0.15, 0.2) is 45.8 Å². The molecule has 2 amide bonds. The van der Waals surface area contributed by atoms with Gasteiger partial charge in [0.2, 0.25) is 11.8 Å². The first-order chi connectivity index (χ1) is 11.8. The molecule has 0 radical (unpaired) electrons. The van der Waals surface area contributed by atoms with Crippen molar-refractivity contribution in [3.8, 4) is 0 Å². The molecule has 130 valence electrons. The zero-order chi connectivity index (χ0) is 18.6. The monoisotopic (exact) mass is 427 g/mol. The zero-order valence-electron chi connectivity index (χ0n) is 12.5. The van der Waals surface area contributed by atoms with Crippen molar-refractivity contribution in [2.24, 2.45) is 5.73 Å². The second-order valence-corrected chi connectivity index (χ2v) is 6.64. The predicted octanol–water partition coefficient (Wildman–Crippen LogP) is 3.33. The molecule has 0 aliphatic heterocycles. The quantitative estimate of drug-likeness (QED) is 0.416. The summed E-state index contributed by atoms with van der Waals surface area (Å²) in [5.74, 6) is -1.77. The summed E-state index contributed by atoms with van der Waals surface area (Å²) in [5, 5.41) is 13.7. The molecule has 0 fully saturated rings. The van der Waals surface area contributed by atoms with Crippen molar-refractivity contribution in [2.45, 2.75) is 4.90 Å². The molecule has 10 heteroatoms. The molecule has 7 nitrogen and oxygen atoms in total. The number of hydrogen-bond donors (Lipinski definition) is 2. The molecule has 0 saturated carbocycles. The lowest BCUT2D eigenvalue weighted by atomic mass is 10.2. The molecule has 0 atom stereocenters. The number of nitrogens with zero attached hydrogens (tertiary/aromatic N) is 1. The largest absolute Gasteiger partial charge is 0.366 e. The molecule has 2 rings (SSSR count). The SMILES string of the molecule is NC(=O)c1ccc(SCC(=O)Nc2ccc(F)cc2Br)c([N+](=O)[O-])c1. The molecule has 2 aromatic rings. The number of thioether (sulfide) groups is 1. The Morgan fingerprint density at radius 3 is 2.60 bits per heavy atom. The fourth-order valence-corrected chi connectivity index (χ4v) is 3.11. The van der Waals surface area contributed by atoms with Gasteiger partial charge in [0, 0.05) is 16.1 Å². The molecule has 25 heavy (non-hydrogen) atoms. The van der Waals surface area contributed by atoms with Gasteiger partial charge >= 0.3 is 0 Å². The minimum absolute atomic E-state index is 0.00995. The highest BCUT2D eigenvalue weighted by Crippen LogP contribution is 2.30. The Kier molecular flexibility index (Phi) is 6.10. The summed E-state index contributed by atoms with van der Waals surface area (Å²) < 4.78 is 13.4. The predicted molar refractivity (Wildman–Crippen MR) is 95.1 cm³/mol. The summed E-state index contributed by atoms with van der Waals surface area (Å²) in [4.78, 5) is 33.8. The standard InChI is InChI=1S/C15H11BrFN3O4S/c16-10-6-9(17)2-3-11(10)19-14(21)7-25-13-4-1-8(15(18)22)5-12(13)20(23)24/h1-6H,7H2,(H2,18,22)(H,19,21). The minimum atomic E-state index is -0.779. The maximum atomic E-state index is 13.0. The molecule has 0 heterocycles. The summed E-state index contributed by atoms with van der Waals surface area (Å²) in [6.45, 7) is 0. The molecule has 0 bridgehead atoms. The Bertz CT molecular complexity index is 863. The van der Waals surface area contributed by atoms with E-state index in [1.54, 1.807) is 0 Å². The lowest BCUT2D eigenvalue weighted by Gasteiger charge is -2.08. The normalized spacial score (nSPS) is 10.3. The van der Waals surface area contributed by atoms with Crippen LogP contribution in [0.1, 0.15) is 10.4 Å². The fraction of sp³-hybridized carbons (Fsp3) is 0.0667. The van der Waals surface area contributed by atoms with Gasteiger partial charge in [0.25, 0.3) is 5.69 Å². The van der Waals surface area contributed by atoms with Crippen molar-refractivity contribution in [1.29, 1.82) is 0 Å². The number of nitrogens with one attached hydrogen (secondary N) is 1. The van der Waals surface area contributed by atoms with E-state index in [2.05, 4.69) is 21.2 Å². The molecule has 0 unspecified atom stereocenters. The average Bonchev–Trinajstić information content (AvgIpc) is 2.55. The number of primary amides is 1. The number of rotatable bonds is 6. The third-order valence-corrected chi connectivity index (χ3v) is 4.72. The average molecular weight is 428 g/mol. The Hall–Kier alpha value is -2.46. The van der Waals surface area contributed by atoms with Crippen LogP contribution < -0.4 is 11.1 Å². The van der Waals surface area contributed by atoms with Crippen LogP contribution in [0.4, 0.5) is 15.8 Å². The Morgan fingerprint density at radius 1 is 1.28 bits per heavy atom. The van der Waals surface area contributed by atoms with E-state index in [9.17, 15) is 24.1 Å². The van der Waals surface area contributed by atoms with Gasteiger partial charge in [-0.15, -0.1) is 11.8 Å². The third-order valence-electron chi connectivity index (χ3n) is 3.00. The zero-order valence-corrected chi connectivity index (χ0v) is 14.9. The van der Waals surface area contributed by atoms with Crippen molar-refractivity contribution < 1.29 is 18.9 Å². The Morgan fingerprint density at radius 2 is 2.00 bits per heavy atom. The summed E-state index contributed by atoms with van der Waals surface area (Å²) >= 11 is 4.07. The number of anilines is 1. The molecule has 2 aromatic carbocycles. The highest BCUT2D eigenvalue weighted by atomic mass is 79.9. The van der Waals surface area contributed by atoms with Crippen LogP contribution >= 0.6 is 27.7 Å². The van der Waals surface area contributed by atoms with Gasteiger partial charge in [0.05, 0.1) is 21.3 Å². The smallest absolute Gasteiger partial charge is 0.283 e. The number of nitrogens with two attached hydrogens (primary N) is 1. The van der Waals surface area contributed by atoms with Gasteiger partial charge in [0.15, 0.2) is 0 Å². The fourth-order valence-electron chi connectivity index (χ4n) is 1.86. The van der Waals surface area contributed by atoms with E-state index in [0.29, 0.717) is 10.2 Å². The van der Waals surface area contributed by atoms with E-state index in [-0.39, 0.29) is 21.9 Å². The van der Waals surface area contributed by atoms with E-state index < -0.39 is 22.6 Å². The van der Waals surface area contributed by atoms with E-state index in [0.717, 1.165) is 17.8 Å². The maximum absolute atomic E-state index is 13.0. The third kappa shape index (κ3) is 5.00. The van der Waals surface area contributed by atoms with Gasteiger partial charge in [0.1, 0.15) is 5.82 Å². The Balaban J connectivity index is 2.08. The van der Waals surface area contributed by atoms with Crippen LogP contribution in [0.5, 0.6) is 0 Å². The van der Waals surface area contributed by atoms with Crippen LogP contribution in [0, 0.1) is 15.9 Å². The number of hydrogen-bond acceptors (Lipinski definition) is 5. The first kappa shape index (κ1) is 18.9. The molecule has 0 aliphatic carbocycles. The highest BCUT2D eigenvalue weighted by Gasteiger charge is 2.18. The number of carbonyl (C=O) groups is 2. The number of amides is 2. The second kappa shape index (κ2) is 8.08. The molecular formula is C15H11BrFN3O4S. The molecule has 0 spiro atoms. The number of halogens is 2. The van der Waals surface area contributed by atoms with Gasteiger partial charge < -0.3 is 11.1 Å². The van der Waals surface area contributed by atoms with Crippen LogP contribution in [0.2, 0.25) is 0 Å². The number of benzene rings is 2.